The summed E-state index contributed by atoms with van der Waals surface area (Å²) in [5, 5.41) is 0. The van der Waals surface area contributed by atoms with Crippen molar-refractivity contribution >= 4 is 17.1 Å². The molecule has 4 fully saturated rings. The Morgan fingerprint density at radius 3 is 1.98 bits per heavy atom. The Labute approximate surface area is 305 Å². The van der Waals surface area contributed by atoms with Gasteiger partial charge in [-0.15, -0.1) is 0 Å². The van der Waals surface area contributed by atoms with Gasteiger partial charge in [0.1, 0.15) is 0 Å². The molecule has 51 heavy (non-hydrogen) atoms. The van der Waals surface area contributed by atoms with Crippen molar-refractivity contribution < 1.29 is 0 Å². The van der Waals surface area contributed by atoms with Crippen molar-refractivity contribution in [1.29, 1.82) is 0 Å². The van der Waals surface area contributed by atoms with Gasteiger partial charge in [-0.3, -0.25) is 0 Å². The second-order valence-corrected chi connectivity index (χ2v) is 16.8. The van der Waals surface area contributed by atoms with E-state index in [0.29, 0.717) is 5.41 Å². The van der Waals surface area contributed by atoms with Crippen LogP contribution in [-0.4, -0.2) is 0 Å². The summed E-state index contributed by atoms with van der Waals surface area (Å²) in [6, 6.07) is 44.0. The molecule has 0 amide bonds. The zero-order valence-corrected chi connectivity index (χ0v) is 30.8. The summed E-state index contributed by atoms with van der Waals surface area (Å²) in [6.45, 7) is 9.20. The standard InChI is InChI=1S/C50H51N/c1-5-6-8-13-34(2)45-29-39(38-14-9-7-10-15-38)18-25-48(45)51(42-23-24-44-43-16-11-12-17-46(43)49(3,4)47(44)30-42)41-21-19-40(20-22-41)50-31-35-26-36(32-50)28-37(27-35)33-50/h5-25,29-30,34-37H,26-28,31-33H2,1-4H3/b6-5-,13-8-. The van der Waals surface area contributed by atoms with Crippen LogP contribution in [0.1, 0.15) is 94.4 Å². The summed E-state index contributed by atoms with van der Waals surface area (Å²) in [6.07, 6.45) is 17.4. The molecule has 1 atom stereocenters. The lowest BCUT2D eigenvalue weighted by atomic mass is 9.48. The molecule has 0 radical (unpaired) electrons. The lowest BCUT2D eigenvalue weighted by molar-refractivity contribution is -0.00518. The fourth-order valence-electron chi connectivity index (χ4n) is 11.1. The Morgan fingerprint density at radius 2 is 1.27 bits per heavy atom. The van der Waals surface area contributed by atoms with Crippen LogP contribution in [0.5, 0.6) is 0 Å². The van der Waals surface area contributed by atoms with Crippen molar-refractivity contribution in [3.05, 3.63) is 162 Å². The van der Waals surface area contributed by atoms with E-state index in [9.17, 15) is 0 Å². The van der Waals surface area contributed by atoms with Gasteiger partial charge in [-0.2, -0.15) is 0 Å². The molecule has 5 aliphatic rings. The quantitative estimate of drug-likeness (QED) is 0.149. The van der Waals surface area contributed by atoms with Gasteiger partial charge < -0.3 is 4.90 Å². The first-order chi connectivity index (χ1) is 24.8. The van der Waals surface area contributed by atoms with E-state index in [4.69, 9.17) is 0 Å². The lowest BCUT2D eigenvalue weighted by Crippen LogP contribution is -2.48. The minimum Gasteiger partial charge on any atom is -0.310 e. The fourth-order valence-corrected chi connectivity index (χ4v) is 11.1. The topological polar surface area (TPSA) is 3.24 Å². The molecular weight excluding hydrogens is 615 g/mol. The summed E-state index contributed by atoms with van der Waals surface area (Å²) in [4.78, 5) is 2.55. The number of nitrogens with zero attached hydrogens (tertiary/aromatic N) is 1. The molecule has 0 heterocycles. The first kappa shape index (κ1) is 32.3. The maximum Gasteiger partial charge on any atom is 0.0499 e. The molecule has 0 saturated heterocycles. The van der Waals surface area contributed by atoms with Gasteiger partial charge in [-0.25, -0.2) is 0 Å². The van der Waals surface area contributed by atoms with Crippen LogP contribution in [0.2, 0.25) is 0 Å². The van der Waals surface area contributed by atoms with E-state index >= 15 is 0 Å². The van der Waals surface area contributed by atoms with Gasteiger partial charge in [0.25, 0.3) is 0 Å². The van der Waals surface area contributed by atoms with E-state index in [0.717, 1.165) is 17.8 Å². The van der Waals surface area contributed by atoms with Crippen molar-refractivity contribution in [3.63, 3.8) is 0 Å². The van der Waals surface area contributed by atoms with Crippen LogP contribution in [0, 0.1) is 17.8 Å². The summed E-state index contributed by atoms with van der Waals surface area (Å²) < 4.78 is 0. The molecular formula is C50H51N. The molecule has 256 valence electrons. The molecule has 1 nitrogen and oxygen atoms in total. The third-order valence-corrected chi connectivity index (χ3v) is 13.2. The van der Waals surface area contributed by atoms with Crippen molar-refractivity contribution in [3.8, 4) is 22.3 Å². The van der Waals surface area contributed by atoms with Gasteiger partial charge in [-0.1, -0.05) is 124 Å². The Hall–Kier alpha value is -4.62. The highest BCUT2D eigenvalue weighted by Crippen LogP contribution is 2.61. The Morgan fingerprint density at radius 1 is 0.627 bits per heavy atom. The summed E-state index contributed by atoms with van der Waals surface area (Å²) in [5.41, 5.74) is 15.0. The smallest absolute Gasteiger partial charge is 0.0499 e. The van der Waals surface area contributed by atoms with E-state index in [1.165, 1.54) is 94.5 Å². The Kier molecular flexibility index (Phi) is 7.95. The summed E-state index contributed by atoms with van der Waals surface area (Å²) in [5.74, 6) is 3.03. The Bertz CT molecular complexity index is 2090. The van der Waals surface area contributed by atoms with E-state index < -0.39 is 0 Å². The maximum absolute atomic E-state index is 2.55. The number of rotatable bonds is 8. The van der Waals surface area contributed by atoms with Crippen LogP contribution in [0.15, 0.2) is 140 Å². The molecule has 0 aliphatic heterocycles. The summed E-state index contributed by atoms with van der Waals surface area (Å²) in [7, 11) is 0. The van der Waals surface area contributed by atoms with Crippen LogP contribution in [-0.2, 0) is 10.8 Å². The fraction of sp³-hybridized carbons (Fsp3) is 0.320. The highest BCUT2D eigenvalue weighted by molar-refractivity contribution is 5.87. The highest BCUT2D eigenvalue weighted by Gasteiger charge is 2.51. The number of hydrogen-bond donors (Lipinski definition) is 0. The minimum absolute atomic E-state index is 0.0709. The monoisotopic (exact) mass is 665 g/mol. The van der Waals surface area contributed by atoms with Gasteiger partial charge in [0.2, 0.25) is 0 Å². The van der Waals surface area contributed by atoms with Gasteiger partial charge in [0, 0.05) is 28.4 Å². The number of allylic oxidation sites excluding steroid dienone is 4. The molecule has 10 rings (SSSR count). The molecule has 0 spiro atoms. The second kappa shape index (κ2) is 12.6. The lowest BCUT2D eigenvalue weighted by Gasteiger charge is -2.57. The third kappa shape index (κ3) is 5.52. The first-order valence-corrected chi connectivity index (χ1v) is 19.5. The van der Waals surface area contributed by atoms with Crippen LogP contribution in [0.3, 0.4) is 0 Å². The first-order valence-electron chi connectivity index (χ1n) is 19.5. The molecule has 5 aromatic carbocycles. The van der Waals surface area contributed by atoms with Crippen LogP contribution < -0.4 is 4.90 Å². The molecule has 5 aliphatic carbocycles. The SMILES string of the molecule is C/C=C\C=C/C(C)c1cc(-c2ccccc2)ccc1N(c1ccc(C23CC4CC(CC(C4)C2)C3)cc1)c1ccc2c(c1)C(C)(C)c1ccccc1-2. The highest BCUT2D eigenvalue weighted by atomic mass is 15.1. The third-order valence-electron chi connectivity index (χ3n) is 13.2. The van der Waals surface area contributed by atoms with E-state index in [-0.39, 0.29) is 11.3 Å². The molecule has 0 aromatic heterocycles. The van der Waals surface area contributed by atoms with Crippen LogP contribution in [0.25, 0.3) is 22.3 Å². The molecule has 4 bridgehead atoms. The predicted octanol–water partition coefficient (Wildman–Crippen LogP) is 13.8. The molecule has 1 heteroatoms. The predicted molar refractivity (Wildman–Crippen MR) is 216 cm³/mol. The van der Waals surface area contributed by atoms with Crippen molar-refractivity contribution in [1.82, 2.24) is 0 Å². The van der Waals surface area contributed by atoms with Crippen LogP contribution >= 0.6 is 0 Å². The van der Waals surface area contributed by atoms with E-state index in [1.807, 2.05) is 0 Å². The van der Waals surface area contributed by atoms with Crippen molar-refractivity contribution in [2.24, 2.45) is 17.8 Å². The van der Waals surface area contributed by atoms with Gasteiger partial charge in [0.15, 0.2) is 0 Å². The van der Waals surface area contributed by atoms with Crippen LogP contribution in [0.4, 0.5) is 17.1 Å². The van der Waals surface area contributed by atoms with Gasteiger partial charge >= 0.3 is 0 Å². The minimum atomic E-state index is -0.0709. The largest absolute Gasteiger partial charge is 0.310 e. The zero-order valence-electron chi connectivity index (χ0n) is 30.8. The zero-order chi connectivity index (χ0) is 34.7. The van der Waals surface area contributed by atoms with Gasteiger partial charge in [-0.05, 0) is 150 Å². The molecule has 4 saturated carbocycles. The van der Waals surface area contributed by atoms with E-state index in [1.54, 1.807) is 5.56 Å². The van der Waals surface area contributed by atoms with Crippen molar-refractivity contribution in [2.75, 3.05) is 4.90 Å². The normalized spacial score (nSPS) is 24.6. The average Bonchev–Trinajstić information content (AvgIpc) is 3.37. The molecule has 0 N–H and O–H groups in total. The molecule has 5 aromatic rings. The maximum atomic E-state index is 2.55. The number of benzene rings is 5. The summed E-state index contributed by atoms with van der Waals surface area (Å²) >= 11 is 0. The number of hydrogen-bond acceptors (Lipinski definition) is 1. The van der Waals surface area contributed by atoms with E-state index in [2.05, 4.69) is 172 Å². The van der Waals surface area contributed by atoms with Crippen molar-refractivity contribution in [2.45, 2.75) is 83.0 Å². The van der Waals surface area contributed by atoms with Gasteiger partial charge in [0.05, 0.1) is 0 Å². The Balaban J connectivity index is 1.20. The number of anilines is 3. The average molecular weight is 666 g/mol. The molecule has 1 unspecified atom stereocenters. The number of fused-ring (bicyclic) bond motifs is 3. The second-order valence-electron chi connectivity index (χ2n) is 16.8.